The predicted molar refractivity (Wildman–Crippen MR) is 145 cm³/mol. The lowest BCUT2D eigenvalue weighted by Gasteiger charge is -2.13. The lowest BCUT2D eigenvalue weighted by atomic mass is 10.0. The van der Waals surface area contributed by atoms with E-state index in [4.69, 9.17) is 9.31 Å². The Morgan fingerprint density at radius 1 is 0.343 bits per heavy atom. The van der Waals surface area contributed by atoms with Gasteiger partial charge in [0, 0.05) is 21.5 Å². The zero-order chi connectivity index (χ0) is 22.9. The topological polar surface area (TPSA) is 18.5 Å². The lowest BCUT2D eigenvalue weighted by molar-refractivity contribution is 0.465. The molecule has 6 aromatic carbocycles. The van der Waals surface area contributed by atoms with Crippen LogP contribution in [0.2, 0.25) is 0 Å². The van der Waals surface area contributed by atoms with Crippen molar-refractivity contribution in [2.24, 2.45) is 0 Å². The molecule has 0 aliphatic heterocycles. The number of benzene rings is 6. The van der Waals surface area contributed by atoms with Crippen LogP contribution in [-0.4, -0.2) is 7.69 Å². The summed E-state index contributed by atoms with van der Waals surface area (Å²) in [7, 11) is 0.150. The van der Waals surface area contributed by atoms with Crippen LogP contribution < -0.4 is 9.31 Å². The van der Waals surface area contributed by atoms with E-state index in [-0.39, 0.29) is 7.69 Å². The van der Waals surface area contributed by atoms with E-state index in [1.54, 1.807) is 0 Å². The molecule has 0 bridgehead atoms. The zero-order valence-corrected chi connectivity index (χ0v) is 18.9. The van der Waals surface area contributed by atoms with Gasteiger partial charge in [-0.15, -0.1) is 0 Å². The molecule has 3 heteroatoms. The van der Waals surface area contributed by atoms with Gasteiger partial charge in [0.25, 0.3) is 0 Å². The summed E-state index contributed by atoms with van der Waals surface area (Å²) in [5.74, 6) is 1.69. The molecular formula is C32H19BO2. The summed E-state index contributed by atoms with van der Waals surface area (Å²) in [4.78, 5) is 0. The minimum atomic E-state index is 0.150. The Morgan fingerprint density at radius 2 is 0.714 bits per heavy atom. The molecule has 0 saturated carbocycles. The van der Waals surface area contributed by atoms with Crippen molar-refractivity contribution in [3.63, 3.8) is 0 Å². The fourth-order valence-corrected chi connectivity index (χ4v) is 5.97. The van der Waals surface area contributed by atoms with Crippen LogP contribution in [-0.2, 0) is 0 Å². The van der Waals surface area contributed by atoms with Crippen molar-refractivity contribution in [3.05, 3.63) is 109 Å². The van der Waals surface area contributed by atoms with Gasteiger partial charge in [-0.2, -0.15) is 0 Å². The number of hydrogen-bond acceptors (Lipinski definition) is 2. The Bertz CT molecular complexity index is 1640. The highest BCUT2D eigenvalue weighted by molar-refractivity contribution is 6.24. The van der Waals surface area contributed by atoms with Gasteiger partial charge in [-0.05, 0) is 56.6 Å². The summed E-state index contributed by atoms with van der Waals surface area (Å²) >= 11 is 0. The van der Waals surface area contributed by atoms with Crippen molar-refractivity contribution in [1.29, 1.82) is 0 Å². The van der Waals surface area contributed by atoms with Crippen molar-refractivity contribution >= 4 is 29.2 Å². The fraction of sp³-hybridized carbons (Fsp3) is 0. The van der Waals surface area contributed by atoms with Crippen molar-refractivity contribution in [2.75, 3.05) is 0 Å². The molecule has 0 spiro atoms. The van der Waals surface area contributed by atoms with Crippen LogP contribution in [0.5, 0.6) is 11.5 Å². The first kappa shape index (κ1) is 18.9. The van der Waals surface area contributed by atoms with Gasteiger partial charge in [-0.25, -0.2) is 0 Å². The highest BCUT2D eigenvalue weighted by Crippen LogP contribution is 2.50. The van der Waals surface area contributed by atoms with E-state index < -0.39 is 0 Å². The SMILES string of the molecule is B(Oc1ccc2c3c(cccc13)-c1ccccc1-2)Oc1ccc2c3c(cccc13)-c1ccccc1-2. The van der Waals surface area contributed by atoms with Gasteiger partial charge in [-0.1, -0.05) is 97.1 Å². The summed E-state index contributed by atoms with van der Waals surface area (Å²) in [6, 6.07) is 38.6. The molecule has 6 aromatic rings. The van der Waals surface area contributed by atoms with Crippen molar-refractivity contribution < 1.29 is 9.31 Å². The van der Waals surface area contributed by atoms with Crippen LogP contribution in [0.1, 0.15) is 0 Å². The first-order chi connectivity index (χ1) is 17.4. The minimum Gasteiger partial charge on any atom is -0.528 e. The van der Waals surface area contributed by atoms with Crippen LogP contribution >= 0.6 is 0 Å². The van der Waals surface area contributed by atoms with E-state index in [9.17, 15) is 0 Å². The van der Waals surface area contributed by atoms with Crippen LogP contribution in [0.4, 0.5) is 0 Å². The second kappa shape index (κ2) is 7.00. The largest absolute Gasteiger partial charge is 0.576 e. The lowest BCUT2D eigenvalue weighted by Crippen LogP contribution is -2.11. The molecule has 0 amide bonds. The molecule has 0 saturated heterocycles. The van der Waals surface area contributed by atoms with E-state index in [0.29, 0.717) is 0 Å². The Labute approximate surface area is 203 Å². The average Bonchev–Trinajstić information content (AvgIpc) is 3.42. The quantitative estimate of drug-likeness (QED) is 0.255. The van der Waals surface area contributed by atoms with Gasteiger partial charge in [-0.3, -0.25) is 0 Å². The van der Waals surface area contributed by atoms with Gasteiger partial charge >= 0.3 is 7.69 Å². The van der Waals surface area contributed by atoms with Crippen LogP contribution in [0.3, 0.4) is 0 Å². The van der Waals surface area contributed by atoms with Gasteiger partial charge in [0.05, 0.1) is 0 Å². The van der Waals surface area contributed by atoms with Crippen molar-refractivity contribution in [1.82, 2.24) is 0 Å². The molecule has 35 heavy (non-hydrogen) atoms. The smallest absolute Gasteiger partial charge is 0.528 e. The molecule has 162 valence electrons. The summed E-state index contributed by atoms with van der Waals surface area (Å²) in [5, 5.41) is 4.76. The summed E-state index contributed by atoms with van der Waals surface area (Å²) < 4.78 is 12.4. The van der Waals surface area contributed by atoms with Gasteiger partial charge < -0.3 is 9.31 Å². The summed E-state index contributed by atoms with van der Waals surface area (Å²) in [6.45, 7) is 0. The van der Waals surface area contributed by atoms with Gasteiger partial charge in [0.15, 0.2) is 0 Å². The standard InChI is InChI=1S/C32H19BO2/c1-3-9-21-19(7-1)23-11-5-13-27-29(17-15-25(21)31(23)27)34-33-35-30-18-16-26-22-10-4-2-8-20(22)24-12-6-14-28(30)32(24)26/h1-18,33H. The number of fused-ring (bicyclic) bond motifs is 6. The molecule has 0 fully saturated rings. The van der Waals surface area contributed by atoms with E-state index in [2.05, 4.69) is 109 Å². The maximum atomic E-state index is 6.22. The molecule has 8 rings (SSSR count). The van der Waals surface area contributed by atoms with Gasteiger partial charge in [0.1, 0.15) is 11.5 Å². The summed E-state index contributed by atoms with van der Waals surface area (Å²) in [5.41, 5.74) is 10.2. The highest BCUT2D eigenvalue weighted by atomic mass is 16.6. The molecule has 0 heterocycles. The fourth-order valence-electron chi connectivity index (χ4n) is 5.97. The van der Waals surface area contributed by atoms with E-state index >= 15 is 0 Å². The van der Waals surface area contributed by atoms with E-state index in [0.717, 1.165) is 22.3 Å². The maximum Gasteiger partial charge on any atom is 0.576 e. The number of hydrogen-bond donors (Lipinski definition) is 0. The molecule has 0 N–H and O–H groups in total. The predicted octanol–water partition coefficient (Wildman–Crippen LogP) is 8.01. The normalized spacial score (nSPS) is 12.0. The zero-order valence-electron chi connectivity index (χ0n) is 18.9. The Morgan fingerprint density at radius 3 is 1.14 bits per heavy atom. The maximum absolute atomic E-state index is 6.22. The van der Waals surface area contributed by atoms with E-state index in [1.807, 2.05) is 0 Å². The Kier molecular flexibility index (Phi) is 3.78. The monoisotopic (exact) mass is 446 g/mol. The molecular weight excluding hydrogens is 427 g/mol. The minimum absolute atomic E-state index is 0.150. The van der Waals surface area contributed by atoms with Crippen molar-refractivity contribution in [2.45, 2.75) is 0 Å². The highest BCUT2D eigenvalue weighted by Gasteiger charge is 2.24. The Hall–Kier alpha value is -4.50. The molecule has 0 radical (unpaired) electrons. The van der Waals surface area contributed by atoms with Crippen LogP contribution in [0.25, 0.3) is 66.1 Å². The molecule has 2 nitrogen and oxygen atoms in total. The average molecular weight is 446 g/mol. The molecule has 0 atom stereocenters. The van der Waals surface area contributed by atoms with Crippen LogP contribution in [0.15, 0.2) is 109 Å². The van der Waals surface area contributed by atoms with E-state index in [1.165, 1.54) is 55.3 Å². The first-order valence-corrected chi connectivity index (χ1v) is 11.9. The third kappa shape index (κ3) is 2.55. The summed E-state index contributed by atoms with van der Waals surface area (Å²) in [6.07, 6.45) is 0. The van der Waals surface area contributed by atoms with Gasteiger partial charge in [0.2, 0.25) is 0 Å². The molecule has 0 aromatic heterocycles. The van der Waals surface area contributed by atoms with Crippen molar-refractivity contribution in [3.8, 4) is 56.0 Å². The molecule has 2 aliphatic carbocycles. The second-order valence-electron chi connectivity index (χ2n) is 9.18. The third-order valence-corrected chi connectivity index (χ3v) is 7.44. The molecule has 0 unspecified atom stereocenters. The Balaban J connectivity index is 1.14. The third-order valence-electron chi connectivity index (χ3n) is 7.44. The first-order valence-electron chi connectivity index (χ1n) is 11.9. The number of rotatable bonds is 4. The van der Waals surface area contributed by atoms with Crippen LogP contribution in [0, 0.1) is 0 Å². The molecule has 2 aliphatic rings. The second-order valence-corrected chi connectivity index (χ2v) is 9.18.